The van der Waals surface area contributed by atoms with E-state index in [0.29, 0.717) is 12.8 Å². The van der Waals surface area contributed by atoms with Crippen LogP contribution in [0.4, 0.5) is 0 Å². The zero-order chi connectivity index (χ0) is 14.8. The molecule has 1 aromatic heterocycles. The fourth-order valence-electron chi connectivity index (χ4n) is 3.08. The Bertz CT molecular complexity index is 483. The van der Waals surface area contributed by atoms with Gasteiger partial charge < -0.3 is 10.4 Å². The molecule has 1 aromatic rings. The highest BCUT2D eigenvalue weighted by molar-refractivity contribution is 5.76. The highest BCUT2D eigenvalue weighted by Crippen LogP contribution is 2.37. The monoisotopic (exact) mass is 279 g/mol. The third-order valence-corrected chi connectivity index (χ3v) is 4.51. The maximum atomic E-state index is 12.1. The third-order valence-electron chi connectivity index (χ3n) is 4.51. The number of aromatic nitrogens is 2. The predicted octanol–water partition coefficient (Wildman–Crippen LogP) is 1.33. The molecule has 0 saturated heterocycles. The van der Waals surface area contributed by atoms with Gasteiger partial charge in [-0.25, -0.2) is 0 Å². The first-order valence-electron chi connectivity index (χ1n) is 7.34. The number of aliphatic hydroxyl groups is 1. The third kappa shape index (κ3) is 3.20. The van der Waals surface area contributed by atoms with Crippen molar-refractivity contribution in [1.82, 2.24) is 15.1 Å². The number of hydrogen-bond acceptors (Lipinski definition) is 3. The van der Waals surface area contributed by atoms with Crippen molar-refractivity contribution >= 4 is 5.91 Å². The van der Waals surface area contributed by atoms with Crippen molar-refractivity contribution < 1.29 is 9.90 Å². The summed E-state index contributed by atoms with van der Waals surface area (Å²) in [5, 5.41) is 16.9. The summed E-state index contributed by atoms with van der Waals surface area (Å²) >= 11 is 0. The Morgan fingerprint density at radius 3 is 3.00 bits per heavy atom. The van der Waals surface area contributed by atoms with Gasteiger partial charge in [-0.3, -0.25) is 9.48 Å². The van der Waals surface area contributed by atoms with E-state index in [0.717, 1.165) is 30.5 Å². The van der Waals surface area contributed by atoms with Crippen LogP contribution >= 0.6 is 0 Å². The van der Waals surface area contributed by atoms with Crippen LogP contribution in [0.15, 0.2) is 6.20 Å². The fourth-order valence-corrected chi connectivity index (χ4v) is 3.08. The first-order chi connectivity index (χ1) is 9.44. The van der Waals surface area contributed by atoms with Crippen molar-refractivity contribution in [3.05, 3.63) is 17.5 Å². The van der Waals surface area contributed by atoms with Gasteiger partial charge in [0.15, 0.2) is 0 Å². The highest BCUT2D eigenvalue weighted by Gasteiger charge is 2.38. The second kappa shape index (κ2) is 5.95. The standard InChI is InChI=1S/C15H25N3O2/c1-11-12(9-18(3)17-11)6-7-14(20)16-13-5-4-8-15(13,2)10-19/h9,13,19H,4-8,10H2,1-3H3,(H,16,20). The molecule has 0 bridgehead atoms. The molecule has 1 amide bonds. The number of aliphatic hydroxyl groups excluding tert-OH is 1. The molecule has 1 aliphatic carbocycles. The molecule has 1 aliphatic rings. The van der Waals surface area contributed by atoms with Crippen LogP contribution in [0, 0.1) is 12.3 Å². The number of amides is 1. The lowest BCUT2D eigenvalue weighted by molar-refractivity contribution is -0.122. The van der Waals surface area contributed by atoms with E-state index in [1.807, 2.05) is 20.2 Å². The number of carbonyl (C=O) groups excluding carboxylic acids is 1. The maximum absolute atomic E-state index is 12.1. The van der Waals surface area contributed by atoms with Crippen LogP contribution in [-0.2, 0) is 18.3 Å². The van der Waals surface area contributed by atoms with Gasteiger partial charge in [-0.05, 0) is 31.7 Å². The Hall–Kier alpha value is -1.36. The Balaban J connectivity index is 1.85. The van der Waals surface area contributed by atoms with Crippen molar-refractivity contribution in [2.45, 2.75) is 52.0 Å². The van der Waals surface area contributed by atoms with Crippen LogP contribution in [0.5, 0.6) is 0 Å². The first-order valence-corrected chi connectivity index (χ1v) is 7.34. The molecule has 1 fully saturated rings. The molecule has 2 unspecified atom stereocenters. The number of aryl methyl sites for hydroxylation is 3. The van der Waals surface area contributed by atoms with Gasteiger partial charge in [0, 0.05) is 31.1 Å². The van der Waals surface area contributed by atoms with Gasteiger partial charge in [0.2, 0.25) is 5.91 Å². The number of carbonyl (C=O) groups is 1. The number of nitrogens with one attached hydrogen (secondary N) is 1. The van der Waals surface area contributed by atoms with Gasteiger partial charge in [-0.15, -0.1) is 0 Å². The van der Waals surface area contributed by atoms with Gasteiger partial charge in [0.05, 0.1) is 12.3 Å². The van der Waals surface area contributed by atoms with Crippen LogP contribution in [0.1, 0.15) is 43.9 Å². The average Bonchev–Trinajstić information content (AvgIpc) is 2.91. The minimum absolute atomic E-state index is 0.0693. The SMILES string of the molecule is Cc1nn(C)cc1CCC(=O)NC1CCCC1(C)CO. The van der Waals surface area contributed by atoms with Gasteiger partial charge in [-0.2, -0.15) is 5.10 Å². The molecule has 2 atom stereocenters. The summed E-state index contributed by atoms with van der Waals surface area (Å²) in [7, 11) is 1.89. The summed E-state index contributed by atoms with van der Waals surface area (Å²) in [6.07, 6.45) is 6.18. The predicted molar refractivity (Wildman–Crippen MR) is 77.2 cm³/mol. The van der Waals surface area contributed by atoms with Crippen molar-refractivity contribution in [3.63, 3.8) is 0 Å². The van der Waals surface area contributed by atoms with E-state index in [4.69, 9.17) is 0 Å². The van der Waals surface area contributed by atoms with Gasteiger partial charge in [0.1, 0.15) is 0 Å². The van der Waals surface area contributed by atoms with Gasteiger partial charge in [0.25, 0.3) is 0 Å². The molecule has 0 radical (unpaired) electrons. The first kappa shape index (κ1) is 15.0. The molecule has 112 valence electrons. The van der Waals surface area contributed by atoms with Crippen LogP contribution < -0.4 is 5.32 Å². The number of hydrogen-bond donors (Lipinski definition) is 2. The molecule has 0 spiro atoms. The molecular weight excluding hydrogens is 254 g/mol. The quantitative estimate of drug-likeness (QED) is 0.854. The smallest absolute Gasteiger partial charge is 0.220 e. The summed E-state index contributed by atoms with van der Waals surface area (Å²) in [4.78, 5) is 12.1. The largest absolute Gasteiger partial charge is 0.396 e. The second-order valence-electron chi connectivity index (χ2n) is 6.24. The van der Waals surface area contributed by atoms with Crippen molar-refractivity contribution in [2.24, 2.45) is 12.5 Å². The molecule has 2 rings (SSSR count). The Labute approximate surface area is 120 Å². The Morgan fingerprint density at radius 1 is 1.65 bits per heavy atom. The highest BCUT2D eigenvalue weighted by atomic mass is 16.3. The summed E-state index contributed by atoms with van der Waals surface area (Å²) in [6, 6.07) is 0.106. The molecule has 1 heterocycles. The average molecular weight is 279 g/mol. The molecule has 2 N–H and O–H groups in total. The fraction of sp³-hybridized carbons (Fsp3) is 0.733. The minimum atomic E-state index is -0.153. The lowest BCUT2D eigenvalue weighted by atomic mass is 9.85. The van der Waals surface area contributed by atoms with Crippen LogP contribution in [0.3, 0.4) is 0 Å². The summed E-state index contributed by atoms with van der Waals surface area (Å²) < 4.78 is 1.78. The molecule has 1 saturated carbocycles. The van der Waals surface area contributed by atoms with Crippen molar-refractivity contribution in [1.29, 1.82) is 0 Å². The maximum Gasteiger partial charge on any atom is 0.220 e. The summed E-state index contributed by atoms with van der Waals surface area (Å²) in [5.41, 5.74) is 1.96. The second-order valence-corrected chi connectivity index (χ2v) is 6.24. The van der Waals surface area contributed by atoms with Crippen LogP contribution in [-0.4, -0.2) is 33.4 Å². The van der Waals surface area contributed by atoms with E-state index in [1.165, 1.54) is 0 Å². The van der Waals surface area contributed by atoms with E-state index in [1.54, 1.807) is 4.68 Å². The van der Waals surface area contributed by atoms with E-state index in [-0.39, 0.29) is 24.0 Å². The van der Waals surface area contributed by atoms with E-state index < -0.39 is 0 Å². The molecular formula is C15H25N3O2. The van der Waals surface area contributed by atoms with Gasteiger partial charge >= 0.3 is 0 Å². The topological polar surface area (TPSA) is 67.2 Å². The minimum Gasteiger partial charge on any atom is -0.396 e. The molecule has 5 nitrogen and oxygen atoms in total. The zero-order valence-corrected chi connectivity index (χ0v) is 12.6. The van der Waals surface area contributed by atoms with Crippen molar-refractivity contribution in [3.8, 4) is 0 Å². The van der Waals surface area contributed by atoms with Crippen LogP contribution in [0.25, 0.3) is 0 Å². The van der Waals surface area contributed by atoms with Crippen LogP contribution in [0.2, 0.25) is 0 Å². The number of nitrogens with zero attached hydrogens (tertiary/aromatic N) is 2. The normalized spacial score (nSPS) is 25.9. The Kier molecular flexibility index (Phi) is 4.48. The Morgan fingerprint density at radius 2 is 2.40 bits per heavy atom. The molecule has 20 heavy (non-hydrogen) atoms. The lowest BCUT2D eigenvalue weighted by Crippen LogP contribution is -2.44. The van der Waals surface area contributed by atoms with E-state index in [9.17, 15) is 9.90 Å². The van der Waals surface area contributed by atoms with Crippen molar-refractivity contribution in [2.75, 3.05) is 6.61 Å². The molecule has 5 heteroatoms. The summed E-state index contributed by atoms with van der Waals surface area (Å²) in [6.45, 7) is 4.16. The van der Waals surface area contributed by atoms with E-state index in [2.05, 4.69) is 17.3 Å². The zero-order valence-electron chi connectivity index (χ0n) is 12.6. The molecule has 0 aromatic carbocycles. The lowest BCUT2D eigenvalue weighted by Gasteiger charge is -2.30. The molecule has 0 aliphatic heterocycles. The van der Waals surface area contributed by atoms with Gasteiger partial charge in [-0.1, -0.05) is 13.3 Å². The number of rotatable bonds is 5. The van der Waals surface area contributed by atoms with E-state index >= 15 is 0 Å². The summed E-state index contributed by atoms with van der Waals surface area (Å²) in [5.74, 6) is 0.0693.